The van der Waals surface area contributed by atoms with Gasteiger partial charge in [-0.2, -0.15) is 0 Å². The van der Waals surface area contributed by atoms with E-state index >= 15 is 0 Å². The highest BCUT2D eigenvalue weighted by Crippen LogP contribution is 2.10. The Kier molecular flexibility index (Phi) is 7.07. The Morgan fingerprint density at radius 1 is 1.13 bits per heavy atom. The highest BCUT2D eigenvalue weighted by atomic mass is 16.6. The number of ether oxygens (including phenoxy) is 1. The Bertz CT molecular complexity index is 507. The van der Waals surface area contributed by atoms with Crippen LogP contribution in [0.2, 0.25) is 0 Å². The summed E-state index contributed by atoms with van der Waals surface area (Å²) in [5.74, 6) is 0.0748. The molecule has 1 atom stereocenters. The van der Waals surface area contributed by atoms with Gasteiger partial charge in [0.15, 0.2) is 0 Å². The zero-order chi connectivity index (χ0) is 17.5. The average molecular weight is 320 g/mol. The summed E-state index contributed by atoms with van der Waals surface area (Å²) >= 11 is 0. The van der Waals surface area contributed by atoms with Crippen LogP contribution in [-0.4, -0.2) is 23.6 Å². The number of carbonyl (C=O) groups excluding carboxylic acids is 2. The first-order valence-electron chi connectivity index (χ1n) is 7.98. The molecule has 0 saturated carbocycles. The Morgan fingerprint density at radius 2 is 1.74 bits per heavy atom. The second-order valence-electron chi connectivity index (χ2n) is 7.03. The molecule has 1 rings (SSSR count). The highest BCUT2D eigenvalue weighted by Gasteiger charge is 2.24. The maximum absolute atomic E-state index is 12.4. The maximum Gasteiger partial charge on any atom is 0.408 e. The van der Waals surface area contributed by atoms with Gasteiger partial charge in [0.1, 0.15) is 11.6 Å². The van der Waals surface area contributed by atoms with E-state index in [-0.39, 0.29) is 11.8 Å². The fraction of sp³-hybridized carbons (Fsp3) is 0.556. The third kappa shape index (κ3) is 8.24. The number of alkyl carbamates (subject to hydrolysis) is 1. The van der Waals surface area contributed by atoms with Gasteiger partial charge in [-0.05, 0) is 38.7 Å². The maximum atomic E-state index is 12.4. The Morgan fingerprint density at radius 3 is 2.26 bits per heavy atom. The van der Waals surface area contributed by atoms with Crippen molar-refractivity contribution >= 4 is 12.0 Å². The number of rotatable bonds is 6. The van der Waals surface area contributed by atoms with Crippen molar-refractivity contribution in [1.82, 2.24) is 10.6 Å². The van der Waals surface area contributed by atoms with Crippen molar-refractivity contribution in [3.63, 3.8) is 0 Å². The standard InChI is InChI=1S/C18H28N2O3/c1-13(2)11-15(20-17(22)23-18(3,4)5)16(21)19-12-14-9-7-6-8-10-14/h6-10,13,15H,11-12H2,1-5H3,(H,19,21)(H,20,22)/t15-/m0/s1. The number of nitrogens with one attached hydrogen (secondary N) is 2. The normalized spacial score (nSPS) is 12.6. The number of amides is 2. The third-order valence-corrected chi connectivity index (χ3v) is 3.02. The van der Waals surface area contributed by atoms with E-state index in [4.69, 9.17) is 4.74 Å². The van der Waals surface area contributed by atoms with Crippen molar-refractivity contribution in [3.05, 3.63) is 35.9 Å². The van der Waals surface area contributed by atoms with Gasteiger partial charge in [0.25, 0.3) is 0 Å². The highest BCUT2D eigenvalue weighted by molar-refractivity contribution is 5.85. The summed E-state index contributed by atoms with van der Waals surface area (Å²) in [4.78, 5) is 24.3. The van der Waals surface area contributed by atoms with Gasteiger partial charge in [0.2, 0.25) is 5.91 Å². The van der Waals surface area contributed by atoms with Gasteiger partial charge in [0, 0.05) is 6.54 Å². The molecule has 0 saturated heterocycles. The van der Waals surface area contributed by atoms with Crippen LogP contribution in [-0.2, 0) is 16.1 Å². The van der Waals surface area contributed by atoms with Crippen molar-refractivity contribution < 1.29 is 14.3 Å². The molecule has 128 valence electrons. The summed E-state index contributed by atoms with van der Waals surface area (Å²) < 4.78 is 5.23. The van der Waals surface area contributed by atoms with Crippen molar-refractivity contribution in [3.8, 4) is 0 Å². The Hall–Kier alpha value is -2.04. The number of hydrogen-bond acceptors (Lipinski definition) is 3. The van der Waals surface area contributed by atoms with Crippen LogP contribution >= 0.6 is 0 Å². The number of benzene rings is 1. The Labute approximate surface area is 138 Å². The SMILES string of the molecule is CC(C)C[C@H](NC(=O)OC(C)(C)C)C(=O)NCc1ccccc1. The van der Waals surface area contributed by atoms with E-state index in [9.17, 15) is 9.59 Å². The molecule has 2 N–H and O–H groups in total. The molecule has 2 amide bonds. The zero-order valence-corrected chi connectivity index (χ0v) is 14.7. The van der Waals surface area contributed by atoms with Crippen LogP contribution in [0.25, 0.3) is 0 Å². The lowest BCUT2D eigenvalue weighted by Crippen LogP contribution is -2.48. The summed E-state index contributed by atoms with van der Waals surface area (Å²) in [6.07, 6.45) is -0.0159. The fourth-order valence-electron chi connectivity index (χ4n) is 2.06. The monoisotopic (exact) mass is 320 g/mol. The first-order valence-corrected chi connectivity index (χ1v) is 7.98. The number of hydrogen-bond donors (Lipinski definition) is 2. The lowest BCUT2D eigenvalue weighted by atomic mass is 10.0. The minimum atomic E-state index is -0.603. The molecule has 0 aliphatic carbocycles. The molecule has 23 heavy (non-hydrogen) atoms. The second-order valence-corrected chi connectivity index (χ2v) is 7.03. The molecule has 5 nitrogen and oxygen atoms in total. The first-order chi connectivity index (χ1) is 10.7. The summed E-state index contributed by atoms with van der Waals surface area (Å²) in [6.45, 7) is 9.82. The van der Waals surface area contributed by atoms with E-state index in [0.717, 1.165) is 5.56 Å². The quantitative estimate of drug-likeness (QED) is 0.845. The molecule has 0 aliphatic rings. The van der Waals surface area contributed by atoms with Crippen LogP contribution in [0.4, 0.5) is 4.79 Å². The minimum absolute atomic E-state index is 0.201. The predicted octanol–water partition coefficient (Wildman–Crippen LogP) is 3.24. The van der Waals surface area contributed by atoms with Crippen LogP contribution in [0.15, 0.2) is 30.3 Å². The van der Waals surface area contributed by atoms with Crippen LogP contribution < -0.4 is 10.6 Å². The molecule has 0 radical (unpaired) electrons. The van der Waals surface area contributed by atoms with Gasteiger partial charge in [-0.15, -0.1) is 0 Å². The predicted molar refractivity (Wildman–Crippen MR) is 90.9 cm³/mol. The van der Waals surface area contributed by atoms with Crippen LogP contribution in [0.3, 0.4) is 0 Å². The topological polar surface area (TPSA) is 67.4 Å². The van der Waals surface area contributed by atoms with E-state index in [1.54, 1.807) is 20.8 Å². The smallest absolute Gasteiger partial charge is 0.408 e. The van der Waals surface area contributed by atoms with Crippen molar-refractivity contribution in [2.45, 2.75) is 59.2 Å². The summed E-state index contributed by atoms with van der Waals surface area (Å²) in [7, 11) is 0. The molecule has 1 aromatic carbocycles. The van der Waals surface area contributed by atoms with Crippen LogP contribution in [0.1, 0.15) is 46.6 Å². The molecular formula is C18H28N2O3. The lowest BCUT2D eigenvalue weighted by molar-refractivity contribution is -0.123. The van der Waals surface area contributed by atoms with Gasteiger partial charge in [0.05, 0.1) is 0 Å². The lowest BCUT2D eigenvalue weighted by Gasteiger charge is -2.24. The van der Waals surface area contributed by atoms with Crippen LogP contribution in [0.5, 0.6) is 0 Å². The molecular weight excluding hydrogens is 292 g/mol. The van der Waals surface area contributed by atoms with Gasteiger partial charge in [-0.25, -0.2) is 4.79 Å². The van der Waals surface area contributed by atoms with E-state index in [0.29, 0.717) is 13.0 Å². The summed E-state index contributed by atoms with van der Waals surface area (Å²) in [6, 6.07) is 9.06. The van der Waals surface area contributed by atoms with E-state index in [1.807, 2.05) is 44.2 Å². The summed E-state index contributed by atoms with van der Waals surface area (Å²) in [5, 5.41) is 5.53. The van der Waals surface area contributed by atoms with E-state index in [2.05, 4.69) is 10.6 Å². The van der Waals surface area contributed by atoms with Crippen molar-refractivity contribution in [1.29, 1.82) is 0 Å². The molecule has 5 heteroatoms. The molecule has 0 spiro atoms. The molecule has 0 bridgehead atoms. The first kappa shape index (κ1) is 19.0. The van der Waals surface area contributed by atoms with E-state index < -0.39 is 17.7 Å². The molecule has 0 heterocycles. The minimum Gasteiger partial charge on any atom is -0.444 e. The largest absolute Gasteiger partial charge is 0.444 e. The molecule has 0 unspecified atom stereocenters. The molecule has 0 fully saturated rings. The number of carbonyl (C=O) groups is 2. The van der Waals surface area contributed by atoms with E-state index in [1.165, 1.54) is 0 Å². The molecule has 0 aliphatic heterocycles. The summed E-state index contributed by atoms with van der Waals surface area (Å²) in [5.41, 5.74) is 0.425. The van der Waals surface area contributed by atoms with Crippen LogP contribution in [0, 0.1) is 5.92 Å². The Balaban J connectivity index is 2.61. The van der Waals surface area contributed by atoms with Crippen molar-refractivity contribution in [2.75, 3.05) is 0 Å². The fourth-order valence-corrected chi connectivity index (χ4v) is 2.06. The van der Waals surface area contributed by atoms with Gasteiger partial charge < -0.3 is 15.4 Å². The third-order valence-electron chi connectivity index (χ3n) is 3.02. The molecule has 0 aromatic heterocycles. The van der Waals surface area contributed by atoms with Crippen molar-refractivity contribution in [2.24, 2.45) is 5.92 Å². The van der Waals surface area contributed by atoms with Gasteiger partial charge in [-0.3, -0.25) is 4.79 Å². The second kappa shape index (κ2) is 8.56. The average Bonchev–Trinajstić information content (AvgIpc) is 2.42. The molecule has 1 aromatic rings. The van der Waals surface area contributed by atoms with Gasteiger partial charge >= 0.3 is 6.09 Å². The zero-order valence-electron chi connectivity index (χ0n) is 14.7. The van der Waals surface area contributed by atoms with Gasteiger partial charge in [-0.1, -0.05) is 44.2 Å².